The maximum atomic E-state index is 13.6. The molecule has 1 saturated carbocycles. The van der Waals surface area contributed by atoms with Crippen molar-refractivity contribution < 1.29 is 68.1 Å². The van der Waals surface area contributed by atoms with Crippen molar-refractivity contribution in [1.82, 2.24) is 0 Å². The number of Topliss-reactive ketones (excluding diaryl/α,β-unsaturated/α-hetero) is 2. The second-order valence-corrected chi connectivity index (χ2v) is 11.9. The largest absolute Gasteiger partial charge is 0.506 e. The molecule has 4 aliphatic rings. The van der Waals surface area contributed by atoms with Gasteiger partial charge in [0.25, 0.3) is 5.60 Å². The third-order valence-electron chi connectivity index (χ3n) is 9.16. The van der Waals surface area contributed by atoms with Crippen molar-refractivity contribution in [1.29, 1.82) is 0 Å². The number of rotatable bonds is 4. The monoisotopic (exact) mass is 638 g/mol. The van der Waals surface area contributed by atoms with Crippen LogP contribution in [0.3, 0.4) is 0 Å². The Kier molecular flexibility index (Phi) is 7.04. The fourth-order valence-electron chi connectivity index (χ4n) is 7.00. The number of ketones is 2. The van der Waals surface area contributed by atoms with Gasteiger partial charge in [-0.05, 0) is 30.2 Å². The van der Waals surface area contributed by atoms with Gasteiger partial charge in [-0.15, -0.1) is 0 Å². The Morgan fingerprint density at radius 1 is 0.804 bits per heavy atom. The number of phenolic OH excluding ortho intramolecular Hbond substituents is 2. The molecule has 6 rings (SSSR count). The van der Waals surface area contributed by atoms with Crippen LogP contribution in [0, 0.1) is 11.8 Å². The number of cyclic esters (lactones) is 1. The fraction of sp³-hybridized carbons (Fsp3) is 0.406. The second kappa shape index (κ2) is 10.5. The third-order valence-corrected chi connectivity index (χ3v) is 9.16. The van der Waals surface area contributed by atoms with Crippen LogP contribution >= 0.6 is 0 Å². The second-order valence-electron chi connectivity index (χ2n) is 11.9. The Bertz CT molecular complexity index is 1770. The van der Waals surface area contributed by atoms with Gasteiger partial charge in [0.1, 0.15) is 46.0 Å². The molecule has 2 aromatic rings. The van der Waals surface area contributed by atoms with Crippen LogP contribution in [-0.4, -0.2) is 87.5 Å². The number of ether oxygens (including phenoxy) is 5. The predicted octanol–water partition coefficient (Wildman–Crippen LogP) is 2.14. The molecule has 242 valence electrons. The van der Waals surface area contributed by atoms with Gasteiger partial charge in [-0.25, -0.2) is 9.59 Å². The van der Waals surface area contributed by atoms with E-state index in [1.807, 2.05) is 0 Å². The summed E-state index contributed by atoms with van der Waals surface area (Å²) in [5.41, 5.74) is -5.95. The molecular weight excluding hydrogens is 608 g/mol. The Hall–Kier alpha value is -5.11. The van der Waals surface area contributed by atoms with Crippen LogP contribution in [0.25, 0.3) is 16.9 Å². The van der Waals surface area contributed by atoms with Crippen molar-refractivity contribution in [2.75, 3.05) is 14.2 Å². The molecule has 14 heteroatoms. The Balaban J connectivity index is 1.47. The Labute approximate surface area is 261 Å². The van der Waals surface area contributed by atoms with Gasteiger partial charge < -0.3 is 44.1 Å². The van der Waals surface area contributed by atoms with Crippen molar-refractivity contribution in [2.24, 2.45) is 11.8 Å². The molecule has 0 amide bonds. The first kappa shape index (κ1) is 30.9. The van der Waals surface area contributed by atoms with Crippen LogP contribution in [0.4, 0.5) is 0 Å². The first-order valence-electron chi connectivity index (χ1n) is 14.4. The van der Waals surface area contributed by atoms with Crippen LogP contribution in [0.2, 0.25) is 0 Å². The van der Waals surface area contributed by atoms with Crippen molar-refractivity contribution in [3.05, 3.63) is 41.0 Å². The molecule has 0 aromatic heterocycles. The lowest BCUT2D eigenvalue weighted by molar-refractivity contribution is -0.177. The lowest BCUT2D eigenvalue weighted by Gasteiger charge is -2.45. The van der Waals surface area contributed by atoms with Gasteiger partial charge in [-0.2, -0.15) is 0 Å². The van der Waals surface area contributed by atoms with Crippen LogP contribution in [0.5, 0.6) is 23.0 Å². The maximum Gasteiger partial charge on any atom is 0.358 e. The summed E-state index contributed by atoms with van der Waals surface area (Å²) in [7, 11) is 2.13. The molecule has 0 radical (unpaired) electrons. The number of carbonyl (C=O) groups is 5. The van der Waals surface area contributed by atoms with Gasteiger partial charge in [0.15, 0.2) is 17.7 Å². The van der Waals surface area contributed by atoms with E-state index in [4.69, 9.17) is 23.7 Å². The number of esters is 3. The number of hydrogen-bond acceptors (Lipinski definition) is 14. The zero-order chi connectivity index (χ0) is 33.5. The van der Waals surface area contributed by atoms with Crippen LogP contribution in [0.15, 0.2) is 29.8 Å². The third kappa shape index (κ3) is 4.02. The first-order chi connectivity index (χ1) is 21.7. The summed E-state index contributed by atoms with van der Waals surface area (Å²) in [4.78, 5) is 64.8. The average molecular weight is 639 g/mol. The minimum atomic E-state index is -2.40. The number of aliphatic hydroxyl groups excluding tert-OH is 2. The SMILES string of the molecule is COC(=O)[C@@]12Oc3ccc(-c4ccc5c(c4O)C(=O)C[C@](C(=O)OC)([C@@H]4OC(=O)C[C@H]4C)O5)c(O)c3C(O)=C1C(=O)C[C@H](C)[C@H]2O. The number of fused-ring (bicyclic) bond motifs is 3. The Morgan fingerprint density at radius 3 is 1.96 bits per heavy atom. The van der Waals surface area contributed by atoms with E-state index in [9.17, 15) is 44.4 Å². The molecule has 0 unspecified atom stereocenters. The van der Waals surface area contributed by atoms with Gasteiger partial charge >= 0.3 is 17.9 Å². The van der Waals surface area contributed by atoms with E-state index in [-0.39, 0.29) is 41.0 Å². The van der Waals surface area contributed by atoms with E-state index in [2.05, 4.69) is 0 Å². The maximum absolute atomic E-state index is 13.6. The van der Waals surface area contributed by atoms with Gasteiger partial charge in [-0.3, -0.25) is 14.4 Å². The molecule has 1 aliphatic carbocycles. The van der Waals surface area contributed by atoms with Crippen LogP contribution in [-0.2, 0) is 33.4 Å². The highest BCUT2D eigenvalue weighted by molar-refractivity contribution is 6.13. The zero-order valence-corrected chi connectivity index (χ0v) is 25.1. The summed E-state index contributed by atoms with van der Waals surface area (Å²) in [5, 5.41) is 45.1. The molecule has 0 spiro atoms. The van der Waals surface area contributed by atoms with Gasteiger partial charge in [0.2, 0.25) is 5.60 Å². The molecule has 14 nitrogen and oxygen atoms in total. The number of aliphatic hydroxyl groups is 2. The highest BCUT2D eigenvalue weighted by Gasteiger charge is 2.63. The number of carbonyl (C=O) groups excluding carboxylic acids is 5. The zero-order valence-electron chi connectivity index (χ0n) is 25.1. The number of phenols is 2. The standard InChI is InChI=1S/C32H30O14/c1-12-9-16(33)23-26(38)22-19(46-32(23,27(12)39)30(41)43-4)8-6-15(25(22)37)14-5-7-18-21(24(14)36)17(34)11-31(45-18,29(40)42-3)28-13(2)10-20(35)44-28/h5-8,12-13,27-28,36-39H,9-11H2,1-4H3/t12-,13+,27+,28+,31+,32+/m0/s1. The number of hydrogen-bond donors (Lipinski definition) is 4. The van der Waals surface area contributed by atoms with E-state index in [1.165, 1.54) is 31.2 Å². The summed E-state index contributed by atoms with van der Waals surface area (Å²) in [6.07, 6.45) is -3.62. The summed E-state index contributed by atoms with van der Waals surface area (Å²) >= 11 is 0. The fourth-order valence-corrected chi connectivity index (χ4v) is 7.00. The minimum absolute atomic E-state index is 0.00728. The van der Waals surface area contributed by atoms with Gasteiger partial charge in [0, 0.05) is 23.5 Å². The van der Waals surface area contributed by atoms with E-state index in [0.29, 0.717) is 0 Å². The molecule has 2 aromatic carbocycles. The van der Waals surface area contributed by atoms with Crippen molar-refractivity contribution in [3.8, 4) is 34.1 Å². The van der Waals surface area contributed by atoms with E-state index in [0.717, 1.165) is 14.2 Å². The van der Waals surface area contributed by atoms with Crippen molar-refractivity contribution in [2.45, 2.75) is 56.5 Å². The number of benzene rings is 2. The average Bonchev–Trinajstić information content (AvgIpc) is 3.36. The van der Waals surface area contributed by atoms with Gasteiger partial charge in [0.05, 0.1) is 32.6 Å². The number of methoxy groups -OCH3 is 2. The molecule has 2 fully saturated rings. The first-order valence-corrected chi connectivity index (χ1v) is 14.4. The summed E-state index contributed by atoms with van der Waals surface area (Å²) in [6.45, 7) is 3.19. The van der Waals surface area contributed by atoms with Gasteiger partial charge in [-0.1, -0.05) is 13.8 Å². The molecule has 46 heavy (non-hydrogen) atoms. The molecule has 6 atom stereocenters. The molecule has 3 heterocycles. The highest BCUT2D eigenvalue weighted by Crippen LogP contribution is 2.54. The van der Waals surface area contributed by atoms with Crippen molar-refractivity contribution >= 4 is 35.2 Å². The highest BCUT2D eigenvalue weighted by atomic mass is 16.6. The molecule has 0 bridgehead atoms. The molecule has 3 aliphatic heterocycles. The summed E-state index contributed by atoms with van der Waals surface area (Å²) < 4.78 is 27.1. The Morgan fingerprint density at radius 2 is 1.39 bits per heavy atom. The topological polar surface area (TPSA) is 212 Å². The lowest BCUT2D eigenvalue weighted by Crippen LogP contribution is -2.64. The van der Waals surface area contributed by atoms with E-state index < -0.39 is 99.5 Å². The van der Waals surface area contributed by atoms with Crippen LogP contribution in [0.1, 0.15) is 49.0 Å². The predicted molar refractivity (Wildman–Crippen MR) is 153 cm³/mol. The number of aromatic hydroxyl groups is 2. The van der Waals surface area contributed by atoms with Crippen LogP contribution < -0.4 is 9.47 Å². The van der Waals surface area contributed by atoms with E-state index >= 15 is 0 Å². The molecular formula is C32H30O14. The lowest BCUT2D eigenvalue weighted by atomic mass is 9.69. The minimum Gasteiger partial charge on any atom is -0.506 e. The summed E-state index contributed by atoms with van der Waals surface area (Å²) in [5.74, 6) is -7.99. The normalized spacial score (nSPS) is 29.9. The summed E-state index contributed by atoms with van der Waals surface area (Å²) in [6, 6.07) is 5.07. The molecule has 1 saturated heterocycles. The quantitative estimate of drug-likeness (QED) is 0.279. The van der Waals surface area contributed by atoms with Crippen molar-refractivity contribution in [3.63, 3.8) is 0 Å². The molecule has 4 N–H and O–H groups in total. The smallest absolute Gasteiger partial charge is 0.358 e. The van der Waals surface area contributed by atoms with E-state index in [1.54, 1.807) is 6.92 Å².